The Kier molecular flexibility index (Phi) is 6.38. The van der Waals surface area contributed by atoms with Gasteiger partial charge in [-0.3, -0.25) is 4.90 Å². The highest BCUT2D eigenvalue weighted by Crippen LogP contribution is 2.31. The smallest absolute Gasteiger partial charge is 0.161 e. The molecule has 2 fully saturated rings. The average molecular weight is 397 g/mol. The van der Waals surface area contributed by atoms with E-state index in [1.807, 2.05) is 6.07 Å². The molecule has 29 heavy (non-hydrogen) atoms. The minimum atomic E-state index is 0.143. The number of rotatable bonds is 7. The van der Waals surface area contributed by atoms with Crippen LogP contribution in [0.3, 0.4) is 0 Å². The second-order valence-corrected chi connectivity index (χ2v) is 8.29. The summed E-state index contributed by atoms with van der Waals surface area (Å²) in [6.45, 7) is 9.80. The fraction of sp³-hybridized carbons (Fsp3) is 0.500. The first-order valence-electron chi connectivity index (χ1n) is 10.6. The quantitative estimate of drug-likeness (QED) is 0.772. The Morgan fingerprint density at radius 3 is 2.69 bits per heavy atom. The summed E-state index contributed by atoms with van der Waals surface area (Å²) < 4.78 is 16.7. The summed E-state index contributed by atoms with van der Waals surface area (Å²) in [6.07, 6.45) is 0.143. The van der Waals surface area contributed by atoms with Gasteiger partial charge in [0.05, 0.1) is 20.3 Å². The molecule has 4 rings (SSSR count). The molecule has 2 aromatic carbocycles. The van der Waals surface area contributed by atoms with Gasteiger partial charge in [-0.1, -0.05) is 44.2 Å². The summed E-state index contributed by atoms with van der Waals surface area (Å²) in [5.41, 5.74) is 4.11. The first-order chi connectivity index (χ1) is 14.1. The first kappa shape index (κ1) is 20.2. The Morgan fingerprint density at radius 2 is 1.97 bits per heavy atom. The number of benzene rings is 2. The summed E-state index contributed by atoms with van der Waals surface area (Å²) in [5.74, 6) is 2.13. The van der Waals surface area contributed by atoms with Crippen molar-refractivity contribution in [1.82, 2.24) is 10.2 Å². The molecule has 0 aliphatic carbocycles. The predicted molar refractivity (Wildman–Crippen MR) is 115 cm³/mol. The van der Waals surface area contributed by atoms with Crippen molar-refractivity contribution in [3.63, 3.8) is 0 Å². The van der Waals surface area contributed by atoms with Crippen LogP contribution in [0.5, 0.6) is 11.5 Å². The van der Waals surface area contributed by atoms with E-state index in [-0.39, 0.29) is 6.10 Å². The van der Waals surface area contributed by atoms with Crippen molar-refractivity contribution in [2.75, 3.05) is 40.0 Å². The predicted octanol–water partition coefficient (Wildman–Crippen LogP) is 3.74. The third-order valence-electron chi connectivity index (χ3n) is 5.79. The van der Waals surface area contributed by atoms with Crippen LogP contribution in [0.25, 0.3) is 0 Å². The highest BCUT2D eigenvalue weighted by atomic mass is 16.6. The highest BCUT2D eigenvalue weighted by Gasteiger charge is 2.24. The molecule has 2 aliphatic heterocycles. The Hall–Kier alpha value is -2.08. The SMILES string of the molecule is COc1cc(CN2CCNC(c3ccccc3C(C)C)C2)ccc1OC1COC1. The van der Waals surface area contributed by atoms with E-state index >= 15 is 0 Å². The van der Waals surface area contributed by atoms with Crippen LogP contribution in [0.1, 0.15) is 42.5 Å². The largest absolute Gasteiger partial charge is 0.493 e. The van der Waals surface area contributed by atoms with Crippen molar-refractivity contribution in [1.29, 1.82) is 0 Å². The maximum Gasteiger partial charge on any atom is 0.161 e. The van der Waals surface area contributed by atoms with Crippen molar-refractivity contribution < 1.29 is 14.2 Å². The van der Waals surface area contributed by atoms with Gasteiger partial charge in [-0.15, -0.1) is 0 Å². The maximum atomic E-state index is 5.95. The molecule has 2 heterocycles. The lowest BCUT2D eigenvalue weighted by molar-refractivity contribution is -0.0803. The van der Waals surface area contributed by atoms with Crippen LogP contribution in [0.15, 0.2) is 42.5 Å². The molecule has 0 bridgehead atoms. The van der Waals surface area contributed by atoms with Crippen molar-refractivity contribution in [2.45, 2.75) is 38.5 Å². The van der Waals surface area contributed by atoms with Gasteiger partial charge in [0.1, 0.15) is 6.10 Å². The summed E-state index contributed by atoms with van der Waals surface area (Å²) >= 11 is 0. The van der Waals surface area contributed by atoms with Gasteiger partial charge in [-0.05, 0) is 34.7 Å². The zero-order valence-electron chi connectivity index (χ0n) is 17.7. The van der Waals surface area contributed by atoms with E-state index in [9.17, 15) is 0 Å². The molecule has 1 N–H and O–H groups in total. The minimum Gasteiger partial charge on any atom is -0.493 e. The number of methoxy groups -OCH3 is 1. The molecular weight excluding hydrogens is 364 g/mol. The molecule has 2 saturated heterocycles. The molecule has 1 atom stereocenters. The van der Waals surface area contributed by atoms with Crippen LogP contribution >= 0.6 is 0 Å². The summed E-state index contributed by atoms with van der Waals surface area (Å²) in [4.78, 5) is 2.52. The van der Waals surface area contributed by atoms with E-state index < -0.39 is 0 Å². The van der Waals surface area contributed by atoms with Crippen molar-refractivity contribution >= 4 is 0 Å². The fourth-order valence-electron chi connectivity index (χ4n) is 4.14. The molecular formula is C24H32N2O3. The van der Waals surface area contributed by atoms with Crippen LogP contribution in [0.2, 0.25) is 0 Å². The molecule has 0 spiro atoms. The zero-order chi connectivity index (χ0) is 20.2. The van der Waals surface area contributed by atoms with Gasteiger partial charge in [0, 0.05) is 32.2 Å². The minimum absolute atomic E-state index is 0.143. The van der Waals surface area contributed by atoms with Crippen molar-refractivity contribution in [2.24, 2.45) is 0 Å². The molecule has 0 saturated carbocycles. The summed E-state index contributed by atoms with van der Waals surface area (Å²) in [6, 6.07) is 15.5. The van der Waals surface area contributed by atoms with Crippen LogP contribution in [-0.4, -0.2) is 51.0 Å². The topological polar surface area (TPSA) is 43.0 Å². The number of nitrogens with zero attached hydrogens (tertiary/aromatic N) is 1. The number of ether oxygens (including phenoxy) is 3. The molecule has 0 aromatic heterocycles. The lowest BCUT2D eigenvalue weighted by Gasteiger charge is -2.35. The molecule has 1 unspecified atom stereocenters. The Balaban J connectivity index is 1.44. The highest BCUT2D eigenvalue weighted by molar-refractivity contribution is 5.43. The molecule has 5 nitrogen and oxygen atoms in total. The van der Waals surface area contributed by atoms with Gasteiger partial charge >= 0.3 is 0 Å². The zero-order valence-corrected chi connectivity index (χ0v) is 17.7. The number of hydrogen-bond donors (Lipinski definition) is 1. The van der Waals surface area contributed by atoms with Crippen LogP contribution in [0.4, 0.5) is 0 Å². The van der Waals surface area contributed by atoms with Gasteiger partial charge < -0.3 is 19.5 Å². The van der Waals surface area contributed by atoms with E-state index in [4.69, 9.17) is 14.2 Å². The van der Waals surface area contributed by atoms with Gasteiger partial charge in [0.25, 0.3) is 0 Å². The third-order valence-corrected chi connectivity index (χ3v) is 5.79. The van der Waals surface area contributed by atoms with Gasteiger partial charge in [0.15, 0.2) is 11.5 Å². The van der Waals surface area contributed by atoms with Gasteiger partial charge in [-0.25, -0.2) is 0 Å². The van der Waals surface area contributed by atoms with Crippen LogP contribution < -0.4 is 14.8 Å². The molecule has 156 valence electrons. The number of piperazine rings is 1. The summed E-state index contributed by atoms with van der Waals surface area (Å²) in [7, 11) is 1.70. The Bertz CT molecular complexity index is 820. The van der Waals surface area contributed by atoms with E-state index in [2.05, 4.69) is 60.5 Å². The standard InChI is InChI=1S/C24H32N2O3/c1-17(2)20-6-4-5-7-21(20)22-14-26(11-10-25-22)13-18-8-9-23(24(12-18)27-3)29-19-15-28-16-19/h4-9,12,17,19,22,25H,10-11,13-16H2,1-3H3. The lowest BCUT2D eigenvalue weighted by atomic mass is 9.92. The lowest BCUT2D eigenvalue weighted by Crippen LogP contribution is -2.45. The normalized spacial score (nSPS) is 20.5. The maximum absolute atomic E-state index is 5.95. The van der Waals surface area contributed by atoms with Crippen LogP contribution in [0, 0.1) is 0 Å². The molecule has 2 aliphatic rings. The number of nitrogens with one attached hydrogen (secondary N) is 1. The third kappa shape index (κ3) is 4.74. The fourth-order valence-corrected chi connectivity index (χ4v) is 4.14. The van der Waals surface area contributed by atoms with Crippen molar-refractivity contribution in [3.05, 3.63) is 59.2 Å². The molecule has 0 radical (unpaired) electrons. The second-order valence-electron chi connectivity index (χ2n) is 8.29. The monoisotopic (exact) mass is 396 g/mol. The molecule has 5 heteroatoms. The van der Waals surface area contributed by atoms with Gasteiger partial charge in [-0.2, -0.15) is 0 Å². The van der Waals surface area contributed by atoms with Crippen molar-refractivity contribution in [3.8, 4) is 11.5 Å². The van der Waals surface area contributed by atoms with E-state index in [1.54, 1.807) is 7.11 Å². The summed E-state index contributed by atoms with van der Waals surface area (Å²) in [5, 5.41) is 3.71. The van der Waals surface area contributed by atoms with Crippen LogP contribution in [-0.2, 0) is 11.3 Å². The number of hydrogen-bond acceptors (Lipinski definition) is 5. The Morgan fingerprint density at radius 1 is 1.14 bits per heavy atom. The Labute approximate surface area is 174 Å². The second kappa shape index (κ2) is 9.16. The van der Waals surface area contributed by atoms with E-state index in [0.29, 0.717) is 25.2 Å². The van der Waals surface area contributed by atoms with Gasteiger partial charge in [0.2, 0.25) is 0 Å². The van der Waals surface area contributed by atoms with E-state index in [1.165, 1.54) is 16.7 Å². The van der Waals surface area contributed by atoms with E-state index in [0.717, 1.165) is 37.7 Å². The average Bonchev–Trinajstić information content (AvgIpc) is 2.71. The molecule has 0 amide bonds. The first-order valence-corrected chi connectivity index (χ1v) is 10.6. The molecule has 2 aromatic rings.